The van der Waals surface area contributed by atoms with Crippen LogP contribution in [0.4, 0.5) is 0 Å². The van der Waals surface area contributed by atoms with Gasteiger partial charge in [-0.25, -0.2) is 8.42 Å². The predicted molar refractivity (Wildman–Crippen MR) is 81.9 cm³/mol. The average Bonchev–Trinajstić information content (AvgIpc) is 2.70. The summed E-state index contributed by atoms with van der Waals surface area (Å²) in [5.74, 6) is 0.584. The minimum absolute atomic E-state index is 0.441. The van der Waals surface area contributed by atoms with E-state index in [1.54, 1.807) is 39.1 Å². The second-order valence-electron chi connectivity index (χ2n) is 5.43. The van der Waals surface area contributed by atoms with Crippen molar-refractivity contribution >= 4 is 32.4 Å². The molecule has 0 radical (unpaired) electrons. The molecule has 110 valence electrons. The molecule has 1 atom stereocenters. The van der Waals surface area contributed by atoms with Gasteiger partial charge in [0.05, 0.1) is 10.8 Å². The van der Waals surface area contributed by atoms with E-state index in [0.717, 1.165) is 5.39 Å². The van der Waals surface area contributed by atoms with Crippen molar-refractivity contribution in [1.29, 1.82) is 0 Å². The maximum absolute atomic E-state index is 12.0. The fourth-order valence-electron chi connectivity index (χ4n) is 2.22. The van der Waals surface area contributed by atoms with Crippen LogP contribution >= 0.6 is 11.6 Å². The van der Waals surface area contributed by atoms with Crippen LogP contribution in [-0.2, 0) is 9.84 Å². The smallest absolute Gasteiger partial charge is 0.154 e. The van der Waals surface area contributed by atoms with E-state index in [0.29, 0.717) is 16.4 Å². The third kappa shape index (κ3) is 2.57. The average molecular weight is 316 g/mol. The maximum atomic E-state index is 12.0. The topological polar surface area (TPSA) is 59.3 Å². The summed E-state index contributed by atoms with van der Waals surface area (Å²) in [5, 5.41) is 4.51. The van der Waals surface area contributed by atoms with E-state index in [-0.39, 0.29) is 0 Å². The molecule has 1 N–H and O–H groups in total. The van der Waals surface area contributed by atoms with Gasteiger partial charge in [-0.1, -0.05) is 11.6 Å². The zero-order valence-corrected chi connectivity index (χ0v) is 13.5. The van der Waals surface area contributed by atoms with E-state index < -0.39 is 20.6 Å². The summed E-state index contributed by atoms with van der Waals surface area (Å²) in [5.41, 5.74) is 0.689. The van der Waals surface area contributed by atoms with Crippen molar-refractivity contribution in [2.24, 2.45) is 0 Å². The molecule has 0 saturated carbocycles. The Balaban J connectivity index is 2.55. The van der Waals surface area contributed by atoms with E-state index >= 15 is 0 Å². The third-order valence-corrected chi connectivity index (χ3v) is 6.10. The minimum Gasteiger partial charge on any atom is -0.459 e. The molecule has 2 rings (SSSR count). The second-order valence-corrected chi connectivity index (χ2v) is 8.46. The largest absolute Gasteiger partial charge is 0.459 e. The first-order valence-electron chi connectivity index (χ1n) is 6.22. The first-order chi connectivity index (χ1) is 9.16. The van der Waals surface area contributed by atoms with E-state index in [2.05, 4.69) is 5.32 Å². The van der Waals surface area contributed by atoms with Gasteiger partial charge in [0, 0.05) is 16.7 Å². The van der Waals surface area contributed by atoms with E-state index in [1.165, 1.54) is 6.26 Å². The van der Waals surface area contributed by atoms with Crippen molar-refractivity contribution in [3.8, 4) is 0 Å². The van der Waals surface area contributed by atoms with Crippen LogP contribution in [0.2, 0.25) is 5.02 Å². The molecule has 4 nitrogen and oxygen atoms in total. The molecule has 0 aliphatic heterocycles. The molecule has 6 heteroatoms. The summed E-state index contributed by atoms with van der Waals surface area (Å²) < 4.78 is 28.8. The predicted octanol–water partition coefficient (Wildman–Crippen LogP) is 3.17. The first kappa shape index (κ1) is 15.4. The summed E-state index contributed by atoms with van der Waals surface area (Å²) in [6.07, 6.45) is 1.23. The number of rotatable bonds is 4. The van der Waals surface area contributed by atoms with Gasteiger partial charge in [-0.05, 0) is 45.2 Å². The SMILES string of the molecule is CNC(c1cc2cc(Cl)ccc2o1)C(C)(C)S(C)(=O)=O. The zero-order chi connectivity index (χ0) is 15.1. The molecule has 0 amide bonds. The van der Waals surface area contributed by atoms with Crippen molar-refractivity contribution in [3.63, 3.8) is 0 Å². The van der Waals surface area contributed by atoms with Gasteiger partial charge in [0.1, 0.15) is 11.3 Å². The fourth-order valence-corrected chi connectivity index (χ4v) is 3.07. The number of benzene rings is 1. The Labute approximate surface area is 124 Å². The van der Waals surface area contributed by atoms with E-state index in [4.69, 9.17) is 16.0 Å². The fraction of sp³-hybridized carbons (Fsp3) is 0.429. The highest BCUT2D eigenvalue weighted by Crippen LogP contribution is 2.35. The molecule has 0 aliphatic rings. The van der Waals surface area contributed by atoms with Crippen LogP contribution in [0.1, 0.15) is 25.6 Å². The number of hydrogen-bond acceptors (Lipinski definition) is 4. The summed E-state index contributed by atoms with van der Waals surface area (Å²) >= 11 is 5.95. The van der Waals surface area contributed by atoms with E-state index in [9.17, 15) is 8.42 Å². The molecule has 0 saturated heterocycles. The Morgan fingerprint density at radius 3 is 2.50 bits per heavy atom. The van der Waals surface area contributed by atoms with Crippen LogP contribution in [0.3, 0.4) is 0 Å². The summed E-state index contributed by atoms with van der Waals surface area (Å²) in [7, 11) is -1.54. The second kappa shape index (κ2) is 5.06. The molecular formula is C14H18ClNO3S. The molecule has 1 unspecified atom stereocenters. The highest BCUT2D eigenvalue weighted by Gasteiger charge is 2.41. The summed E-state index contributed by atoms with van der Waals surface area (Å²) in [6.45, 7) is 3.37. The van der Waals surface area contributed by atoms with Crippen molar-refractivity contribution in [2.45, 2.75) is 24.6 Å². The Hall–Kier alpha value is -1.04. The number of nitrogens with one attached hydrogen (secondary N) is 1. The van der Waals surface area contributed by atoms with Gasteiger partial charge in [0.25, 0.3) is 0 Å². The Morgan fingerprint density at radius 1 is 1.30 bits per heavy atom. The molecule has 1 heterocycles. The summed E-state index contributed by atoms with van der Waals surface area (Å²) in [6, 6.07) is 6.71. The lowest BCUT2D eigenvalue weighted by atomic mass is 10.0. The lowest BCUT2D eigenvalue weighted by Crippen LogP contribution is -2.43. The number of fused-ring (bicyclic) bond motifs is 1. The van der Waals surface area contributed by atoms with Gasteiger partial charge in [0.2, 0.25) is 0 Å². The number of sulfone groups is 1. The molecular weight excluding hydrogens is 298 g/mol. The van der Waals surface area contributed by atoms with Gasteiger partial charge in [-0.15, -0.1) is 0 Å². The zero-order valence-electron chi connectivity index (χ0n) is 11.9. The highest BCUT2D eigenvalue weighted by molar-refractivity contribution is 7.92. The quantitative estimate of drug-likeness (QED) is 0.941. The lowest BCUT2D eigenvalue weighted by Gasteiger charge is -2.30. The van der Waals surface area contributed by atoms with E-state index in [1.807, 2.05) is 6.07 Å². The van der Waals surface area contributed by atoms with Crippen LogP contribution in [0.5, 0.6) is 0 Å². The first-order valence-corrected chi connectivity index (χ1v) is 8.49. The molecule has 1 aromatic carbocycles. The van der Waals surface area contributed by atoms with Crippen LogP contribution in [-0.4, -0.2) is 26.5 Å². The number of furan rings is 1. The van der Waals surface area contributed by atoms with Crippen LogP contribution in [0.25, 0.3) is 11.0 Å². The van der Waals surface area contributed by atoms with Crippen molar-refractivity contribution in [3.05, 3.63) is 35.0 Å². The number of hydrogen-bond donors (Lipinski definition) is 1. The van der Waals surface area contributed by atoms with Crippen molar-refractivity contribution in [1.82, 2.24) is 5.32 Å². The molecule has 0 aliphatic carbocycles. The monoisotopic (exact) mass is 315 g/mol. The molecule has 2 aromatic rings. The lowest BCUT2D eigenvalue weighted by molar-refractivity contribution is 0.380. The Bertz CT molecular complexity index is 734. The highest BCUT2D eigenvalue weighted by atomic mass is 35.5. The molecule has 0 bridgehead atoms. The molecule has 0 spiro atoms. The standard InChI is InChI=1S/C14H18ClNO3S/c1-14(2,20(4,17)18)13(16-3)12-8-9-7-10(15)5-6-11(9)19-12/h5-8,13,16H,1-4H3. The Kier molecular flexibility index (Phi) is 3.88. The van der Waals surface area contributed by atoms with Gasteiger partial charge >= 0.3 is 0 Å². The normalized spacial score (nSPS) is 14.7. The molecule has 1 aromatic heterocycles. The van der Waals surface area contributed by atoms with Crippen molar-refractivity contribution in [2.75, 3.05) is 13.3 Å². The Morgan fingerprint density at radius 2 is 1.95 bits per heavy atom. The molecule has 0 fully saturated rings. The van der Waals surface area contributed by atoms with Crippen LogP contribution in [0, 0.1) is 0 Å². The minimum atomic E-state index is -3.26. The van der Waals surface area contributed by atoms with Crippen LogP contribution < -0.4 is 5.32 Å². The van der Waals surface area contributed by atoms with Crippen LogP contribution in [0.15, 0.2) is 28.7 Å². The van der Waals surface area contributed by atoms with Gasteiger partial charge in [-0.3, -0.25) is 0 Å². The maximum Gasteiger partial charge on any atom is 0.154 e. The third-order valence-electron chi connectivity index (χ3n) is 3.72. The van der Waals surface area contributed by atoms with Gasteiger partial charge in [0.15, 0.2) is 9.84 Å². The molecule has 20 heavy (non-hydrogen) atoms. The van der Waals surface area contributed by atoms with Gasteiger partial charge in [-0.2, -0.15) is 0 Å². The number of halogens is 1. The van der Waals surface area contributed by atoms with Gasteiger partial charge < -0.3 is 9.73 Å². The van der Waals surface area contributed by atoms with Crippen molar-refractivity contribution < 1.29 is 12.8 Å². The summed E-state index contributed by atoms with van der Waals surface area (Å²) in [4.78, 5) is 0.